The summed E-state index contributed by atoms with van der Waals surface area (Å²) in [7, 11) is 0. The average molecular weight is 246 g/mol. The number of rotatable bonds is 3. The highest BCUT2D eigenvalue weighted by Gasteiger charge is 2.27. The molecule has 0 atom stereocenters. The van der Waals surface area contributed by atoms with Crippen molar-refractivity contribution in [3.63, 3.8) is 0 Å². The largest absolute Gasteiger partial charge is 0.381 e. The van der Waals surface area contributed by atoms with Gasteiger partial charge in [-0.2, -0.15) is 5.10 Å². The van der Waals surface area contributed by atoms with Gasteiger partial charge in [-0.25, -0.2) is 9.50 Å². The maximum atomic E-state index is 5.42. The van der Waals surface area contributed by atoms with Gasteiger partial charge in [0.1, 0.15) is 5.52 Å². The monoisotopic (exact) mass is 246 g/mol. The van der Waals surface area contributed by atoms with E-state index in [-0.39, 0.29) is 0 Å². The molecule has 0 amide bonds. The van der Waals surface area contributed by atoms with Crippen LogP contribution in [0.5, 0.6) is 0 Å². The van der Waals surface area contributed by atoms with Crippen LogP contribution in [-0.2, 0) is 4.74 Å². The Morgan fingerprint density at radius 3 is 3.06 bits per heavy atom. The maximum absolute atomic E-state index is 5.42. The second-order valence-electron chi connectivity index (χ2n) is 5.21. The molecule has 3 heterocycles. The Morgan fingerprint density at radius 1 is 1.39 bits per heavy atom. The lowest BCUT2D eigenvalue weighted by molar-refractivity contribution is 0.0300. The average Bonchev–Trinajstić information content (AvgIpc) is 2.86. The Morgan fingerprint density at radius 2 is 2.22 bits per heavy atom. The Bertz CT molecular complexity index is 531. The van der Waals surface area contributed by atoms with Crippen LogP contribution in [0.15, 0.2) is 24.7 Å². The number of anilines is 1. The molecule has 5 heteroatoms. The summed E-state index contributed by atoms with van der Waals surface area (Å²) in [4.78, 5) is 4.39. The van der Waals surface area contributed by atoms with Crippen molar-refractivity contribution in [2.45, 2.75) is 19.8 Å². The molecular weight excluding hydrogens is 228 g/mol. The predicted molar refractivity (Wildman–Crippen MR) is 69.6 cm³/mol. The number of nitrogens with zero attached hydrogens (tertiary/aromatic N) is 3. The van der Waals surface area contributed by atoms with Gasteiger partial charge in [-0.1, -0.05) is 6.92 Å². The van der Waals surface area contributed by atoms with Gasteiger partial charge in [-0.15, -0.1) is 0 Å². The van der Waals surface area contributed by atoms with Gasteiger partial charge in [0, 0.05) is 32.2 Å². The van der Waals surface area contributed by atoms with Crippen molar-refractivity contribution in [2.75, 3.05) is 25.1 Å². The lowest BCUT2D eigenvalue weighted by Crippen LogP contribution is -2.33. The van der Waals surface area contributed by atoms with E-state index in [0.29, 0.717) is 5.41 Å². The third-order valence-corrected chi connectivity index (χ3v) is 3.71. The zero-order chi connectivity index (χ0) is 12.4. The fourth-order valence-electron chi connectivity index (χ4n) is 2.33. The number of ether oxygens (including phenoxy) is 1. The molecule has 0 unspecified atom stereocenters. The third kappa shape index (κ3) is 2.18. The van der Waals surface area contributed by atoms with Gasteiger partial charge >= 0.3 is 0 Å². The SMILES string of the molecule is CC1(CNc2nccn3nccc23)CCOCC1. The van der Waals surface area contributed by atoms with E-state index < -0.39 is 0 Å². The smallest absolute Gasteiger partial charge is 0.152 e. The minimum Gasteiger partial charge on any atom is -0.381 e. The molecule has 1 fully saturated rings. The predicted octanol–water partition coefficient (Wildman–Crippen LogP) is 1.96. The van der Waals surface area contributed by atoms with Gasteiger partial charge in [-0.05, 0) is 24.3 Å². The van der Waals surface area contributed by atoms with Gasteiger partial charge in [-0.3, -0.25) is 0 Å². The second-order valence-corrected chi connectivity index (χ2v) is 5.21. The number of fused-ring (bicyclic) bond motifs is 1. The first-order chi connectivity index (χ1) is 8.77. The third-order valence-electron chi connectivity index (χ3n) is 3.71. The lowest BCUT2D eigenvalue weighted by atomic mass is 9.82. The van der Waals surface area contributed by atoms with Crippen molar-refractivity contribution < 1.29 is 4.74 Å². The Kier molecular flexibility index (Phi) is 2.91. The molecule has 0 bridgehead atoms. The molecule has 5 nitrogen and oxygen atoms in total. The highest BCUT2D eigenvalue weighted by molar-refractivity contribution is 5.66. The number of nitrogens with one attached hydrogen (secondary N) is 1. The molecule has 3 rings (SSSR count). The lowest BCUT2D eigenvalue weighted by Gasteiger charge is -2.33. The molecule has 0 radical (unpaired) electrons. The molecule has 18 heavy (non-hydrogen) atoms. The van der Waals surface area contributed by atoms with Crippen molar-refractivity contribution in [1.82, 2.24) is 14.6 Å². The van der Waals surface area contributed by atoms with Crippen LogP contribution in [0.4, 0.5) is 5.82 Å². The van der Waals surface area contributed by atoms with Gasteiger partial charge < -0.3 is 10.1 Å². The molecular formula is C13H18N4O. The summed E-state index contributed by atoms with van der Waals surface area (Å²) >= 11 is 0. The Labute approximate surface area is 106 Å². The van der Waals surface area contributed by atoms with Crippen molar-refractivity contribution in [3.05, 3.63) is 24.7 Å². The van der Waals surface area contributed by atoms with E-state index in [1.165, 1.54) is 0 Å². The normalized spacial score (nSPS) is 18.9. The fourth-order valence-corrected chi connectivity index (χ4v) is 2.33. The molecule has 96 valence electrons. The highest BCUT2D eigenvalue weighted by Crippen LogP contribution is 2.30. The topological polar surface area (TPSA) is 51.5 Å². The molecule has 2 aromatic heterocycles. The Hall–Kier alpha value is -1.62. The summed E-state index contributed by atoms with van der Waals surface area (Å²) in [6, 6.07) is 1.97. The summed E-state index contributed by atoms with van der Waals surface area (Å²) < 4.78 is 7.25. The molecule has 0 aliphatic carbocycles. The van der Waals surface area contributed by atoms with Crippen LogP contribution >= 0.6 is 0 Å². The van der Waals surface area contributed by atoms with Crippen molar-refractivity contribution in [3.8, 4) is 0 Å². The summed E-state index contributed by atoms with van der Waals surface area (Å²) in [6.45, 7) is 4.96. The molecule has 1 saturated heterocycles. The molecule has 0 aromatic carbocycles. The maximum Gasteiger partial charge on any atom is 0.152 e. The van der Waals surface area contributed by atoms with E-state index in [2.05, 4.69) is 22.3 Å². The first kappa shape index (κ1) is 11.5. The fraction of sp³-hybridized carbons (Fsp3) is 0.538. The minimum absolute atomic E-state index is 0.298. The number of aromatic nitrogens is 3. The molecule has 1 aliphatic heterocycles. The quantitative estimate of drug-likeness (QED) is 0.899. The van der Waals surface area contributed by atoms with Crippen LogP contribution in [0.3, 0.4) is 0 Å². The molecule has 1 aliphatic rings. The summed E-state index contributed by atoms with van der Waals surface area (Å²) in [6.07, 6.45) is 7.62. The molecule has 0 saturated carbocycles. The van der Waals surface area contributed by atoms with Crippen molar-refractivity contribution >= 4 is 11.3 Å². The zero-order valence-electron chi connectivity index (χ0n) is 10.6. The summed E-state index contributed by atoms with van der Waals surface area (Å²) in [5.41, 5.74) is 1.32. The summed E-state index contributed by atoms with van der Waals surface area (Å²) in [5.74, 6) is 0.905. The van der Waals surface area contributed by atoms with Gasteiger partial charge in [0.05, 0.1) is 6.20 Å². The molecule has 1 N–H and O–H groups in total. The number of hydrogen-bond acceptors (Lipinski definition) is 4. The molecule has 2 aromatic rings. The number of hydrogen-bond donors (Lipinski definition) is 1. The first-order valence-electron chi connectivity index (χ1n) is 6.37. The van der Waals surface area contributed by atoms with Gasteiger partial charge in [0.15, 0.2) is 5.82 Å². The minimum atomic E-state index is 0.298. The van der Waals surface area contributed by atoms with E-state index >= 15 is 0 Å². The van der Waals surface area contributed by atoms with E-state index in [4.69, 9.17) is 4.74 Å². The second kappa shape index (κ2) is 4.57. The standard InChI is InChI=1S/C13H18N4O/c1-13(3-8-18-9-4-13)10-15-12-11-2-5-16-17(11)7-6-14-12/h2,5-7H,3-4,8-10H2,1H3,(H,14,15). The van der Waals surface area contributed by atoms with E-state index in [1.54, 1.807) is 12.4 Å². The van der Waals surface area contributed by atoms with Crippen LogP contribution < -0.4 is 5.32 Å². The highest BCUT2D eigenvalue weighted by atomic mass is 16.5. The van der Waals surface area contributed by atoms with Crippen LogP contribution in [0.2, 0.25) is 0 Å². The van der Waals surface area contributed by atoms with Crippen molar-refractivity contribution in [1.29, 1.82) is 0 Å². The van der Waals surface area contributed by atoms with Crippen molar-refractivity contribution in [2.24, 2.45) is 5.41 Å². The van der Waals surface area contributed by atoms with Crippen LogP contribution in [0, 0.1) is 5.41 Å². The first-order valence-corrected chi connectivity index (χ1v) is 6.37. The van der Waals surface area contributed by atoms with Crippen LogP contribution in [0.1, 0.15) is 19.8 Å². The van der Waals surface area contributed by atoms with Crippen LogP contribution in [0.25, 0.3) is 5.52 Å². The van der Waals surface area contributed by atoms with Gasteiger partial charge in [0.2, 0.25) is 0 Å². The van der Waals surface area contributed by atoms with E-state index in [1.807, 2.05) is 16.8 Å². The zero-order valence-corrected chi connectivity index (χ0v) is 10.6. The molecule has 0 spiro atoms. The van der Waals surface area contributed by atoms with Crippen LogP contribution in [-0.4, -0.2) is 34.4 Å². The van der Waals surface area contributed by atoms with E-state index in [9.17, 15) is 0 Å². The Balaban J connectivity index is 1.74. The van der Waals surface area contributed by atoms with E-state index in [0.717, 1.165) is 43.9 Å². The van der Waals surface area contributed by atoms with Gasteiger partial charge in [0.25, 0.3) is 0 Å². The summed E-state index contributed by atoms with van der Waals surface area (Å²) in [5, 5.41) is 7.66.